The molecule has 0 unspecified atom stereocenters. The molecule has 3 heteroatoms. The Morgan fingerprint density at radius 1 is 1.36 bits per heavy atom. The van der Waals surface area contributed by atoms with Gasteiger partial charge in [0.15, 0.2) is 0 Å². The fraction of sp³-hybridized carbons (Fsp3) is 0.364. The molecule has 0 atom stereocenters. The average molecular weight is 192 g/mol. The molecule has 0 amide bonds. The van der Waals surface area contributed by atoms with Gasteiger partial charge in [-0.15, -0.1) is 0 Å². The Hall–Kier alpha value is -1.38. The van der Waals surface area contributed by atoms with Gasteiger partial charge in [-0.2, -0.15) is 0 Å². The van der Waals surface area contributed by atoms with E-state index < -0.39 is 0 Å². The Kier molecular flexibility index (Phi) is 2.48. The van der Waals surface area contributed by atoms with Gasteiger partial charge in [-0.3, -0.25) is 4.99 Å². The number of nitrogens with two attached hydrogens (primary N) is 1. The maximum atomic E-state index is 12.6. The Morgan fingerprint density at radius 2 is 2.00 bits per heavy atom. The molecule has 2 N–H and O–H groups in total. The maximum absolute atomic E-state index is 12.6. The van der Waals surface area contributed by atoms with Crippen molar-refractivity contribution in [3.63, 3.8) is 0 Å². The Bertz CT molecular complexity index is 339. The molecule has 0 saturated heterocycles. The van der Waals surface area contributed by atoms with E-state index in [9.17, 15) is 4.39 Å². The molecule has 0 radical (unpaired) electrons. The molecule has 2 nitrogen and oxygen atoms in total. The lowest BCUT2D eigenvalue weighted by Crippen LogP contribution is -2.15. The van der Waals surface area contributed by atoms with Crippen molar-refractivity contribution in [3.05, 3.63) is 35.6 Å². The van der Waals surface area contributed by atoms with Crippen LogP contribution in [0.1, 0.15) is 18.4 Å². The topological polar surface area (TPSA) is 38.4 Å². The van der Waals surface area contributed by atoms with Crippen LogP contribution in [0.5, 0.6) is 0 Å². The quantitative estimate of drug-likeness (QED) is 0.576. The monoisotopic (exact) mass is 192 g/mol. The molecule has 2 rings (SSSR count). The third-order valence-electron chi connectivity index (χ3n) is 2.19. The van der Waals surface area contributed by atoms with Crippen molar-refractivity contribution >= 4 is 5.84 Å². The first-order valence-corrected chi connectivity index (χ1v) is 4.80. The van der Waals surface area contributed by atoms with Crippen LogP contribution in [0.25, 0.3) is 0 Å². The van der Waals surface area contributed by atoms with Crippen LogP contribution in [0.2, 0.25) is 0 Å². The lowest BCUT2D eigenvalue weighted by Gasteiger charge is -2.00. The second-order valence-corrected chi connectivity index (χ2v) is 3.65. The van der Waals surface area contributed by atoms with E-state index in [2.05, 4.69) is 4.99 Å². The summed E-state index contributed by atoms with van der Waals surface area (Å²) in [4.78, 5) is 4.31. The van der Waals surface area contributed by atoms with Crippen LogP contribution in [0.15, 0.2) is 29.3 Å². The number of aliphatic imine (C=N–C) groups is 1. The summed E-state index contributed by atoms with van der Waals surface area (Å²) in [5.74, 6) is 0.436. The minimum atomic E-state index is -0.216. The molecule has 1 saturated carbocycles. The van der Waals surface area contributed by atoms with Gasteiger partial charge < -0.3 is 5.73 Å². The normalized spacial score (nSPS) is 17.1. The molecule has 0 aromatic heterocycles. The number of amidine groups is 1. The van der Waals surface area contributed by atoms with Gasteiger partial charge in [-0.1, -0.05) is 12.1 Å². The fourth-order valence-electron chi connectivity index (χ4n) is 1.30. The predicted octanol–water partition coefficient (Wildman–Crippen LogP) is 1.89. The van der Waals surface area contributed by atoms with Gasteiger partial charge in [-0.25, -0.2) is 4.39 Å². The van der Waals surface area contributed by atoms with E-state index in [0.717, 1.165) is 18.4 Å². The summed E-state index contributed by atoms with van der Waals surface area (Å²) < 4.78 is 12.6. The van der Waals surface area contributed by atoms with E-state index >= 15 is 0 Å². The third-order valence-corrected chi connectivity index (χ3v) is 2.19. The SMILES string of the molecule is NC(Cc1ccc(F)cc1)=NC1CC1. The second-order valence-electron chi connectivity index (χ2n) is 3.65. The summed E-state index contributed by atoms with van der Waals surface area (Å²) in [5.41, 5.74) is 6.75. The van der Waals surface area contributed by atoms with E-state index in [1.807, 2.05) is 0 Å². The van der Waals surface area contributed by atoms with Crippen molar-refractivity contribution < 1.29 is 4.39 Å². The zero-order valence-electron chi connectivity index (χ0n) is 7.91. The summed E-state index contributed by atoms with van der Waals surface area (Å²) in [6, 6.07) is 6.82. The summed E-state index contributed by atoms with van der Waals surface area (Å²) >= 11 is 0. The number of halogens is 1. The zero-order chi connectivity index (χ0) is 9.97. The zero-order valence-corrected chi connectivity index (χ0v) is 7.91. The molecule has 1 aromatic carbocycles. The summed E-state index contributed by atoms with van der Waals surface area (Å²) in [5, 5.41) is 0. The molecular formula is C11H13FN2. The molecule has 74 valence electrons. The number of benzene rings is 1. The van der Waals surface area contributed by atoms with Crippen LogP contribution < -0.4 is 5.73 Å². The Morgan fingerprint density at radius 3 is 2.57 bits per heavy atom. The highest BCUT2D eigenvalue weighted by Crippen LogP contribution is 2.23. The minimum Gasteiger partial charge on any atom is -0.387 e. The predicted molar refractivity (Wildman–Crippen MR) is 54.7 cm³/mol. The van der Waals surface area contributed by atoms with Crippen LogP contribution in [-0.4, -0.2) is 11.9 Å². The third kappa shape index (κ3) is 2.55. The van der Waals surface area contributed by atoms with Gasteiger partial charge >= 0.3 is 0 Å². The first-order valence-electron chi connectivity index (χ1n) is 4.80. The number of nitrogens with zero attached hydrogens (tertiary/aromatic N) is 1. The lowest BCUT2D eigenvalue weighted by atomic mass is 10.1. The Balaban J connectivity index is 1.99. The molecule has 0 aliphatic heterocycles. The van der Waals surface area contributed by atoms with Gasteiger partial charge in [0.05, 0.1) is 11.9 Å². The van der Waals surface area contributed by atoms with Gasteiger partial charge in [-0.05, 0) is 30.5 Å². The smallest absolute Gasteiger partial charge is 0.123 e. The first-order chi connectivity index (χ1) is 6.74. The number of hydrogen-bond donors (Lipinski definition) is 1. The summed E-state index contributed by atoms with van der Waals surface area (Å²) in [6.45, 7) is 0. The number of rotatable bonds is 3. The van der Waals surface area contributed by atoms with Crippen molar-refractivity contribution in [1.82, 2.24) is 0 Å². The van der Waals surface area contributed by atoms with Crippen molar-refractivity contribution in [2.45, 2.75) is 25.3 Å². The van der Waals surface area contributed by atoms with Gasteiger partial charge in [0.1, 0.15) is 5.82 Å². The molecule has 1 aliphatic carbocycles. The van der Waals surface area contributed by atoms with E-state index in [1.54, 1.807) is 12.1 Å². The molecule has 14 heavy (non-hydrogen) atoms. The molecule has 1 aliphatic rings. The standard InChI is InChI=1S/C11H13FN2/c12-9-3-1-8(2-4-9)7-11(13)14-10-5-6-10/h1-4,10H,5-7H2,(H2,13,14). The number of hydrogen-bond acceptors (Lipinski definition) is 1. The molecule has 0 spiro atoms. The first kappa shape index (κ1) is 9.19. The maximum Gasteiger partial charge on any atom is 0.123 e. The highest BCUT2D eigenvalue weighted by molar-refractivity contribution is 5.82. The minimum absolute atomic E-state index is 0.216. The van der Waals surface area contributed by atoms with E-state index in [4.69, 9.17) is 5.73 Å². The second kappa shape index (κ2) is 3.78. The largest absolute Gasteiger partial charge is 0.387 e. The molecular weight excluding hydrogens is 179 g/mol. The van der Waals surface area contributed by atoms with Crippen molar-refractivity contribution in [2.24, 2.45) is 10.7 Å². The molecule has 0 heterocycles. The van der Waals surface area contributed by atoms with Crippen molar-refractivity contribution in [1.29, 1.82) is 0 Å². The van der Waals surface area contributed by atoms with Gasteiger partial charge in [0.2, 0.25) is 0 Å². The van der Waals surface area contributed by atoms with Crippen LogP contribution in [0.4, 0.5) is 4.39 Å². The molecule has 1 aromatic rings. The van der Waals surface area contributed by atoms with Gasteiger partial charge in [0, 0.05) is 6.42 Å². The van der Waals surface area contributed by atoms with Crippen LogP contribution in [-0.2, 0) is 6.42 Å². The van der Waals surface area contributed by atoms with E-state index in [1.165, 1.54) is 12.1 Å². The van der Waals surface area contributed by atoms with Crippen LogP contribution >= 0.6 is 0 Å². The van der Waals surface area contributed by atoms with Crippen LogP contribution in [0.3, 0.4) is 0 Å². The molecule has 1 fully saturated rings. The highest BCUT2D eigenvalue weighted by Gasteiger charge is 2.20. The average Bonchev–Trinajstić information content (AvgIpc) is 2.93. The lowest BCUT2D eigenvalue weighted by molar-refractivity contribution is 0.627. The summed E-state index contributed by atoms with van der Waals surface area (Å²) in [7, 11) is 0. The van der Waals surface area contributed by atoms with Crippen LogP contribution in [0, 0.1) is 5.82 Å². The van der Waals surface area contributed by atoms with Crippen molar-refractivity contribution in [3.8, 4) is 0 Å². The highest BCUT2D eigenvalue weighted by atomic mass is 19.1. The summed E-state index contributed by atoms with van der Waals surface area (Å²) in [6.07, 6.45) is 2.94. The van der Waals surface area contributed by atoms with Gasteiger partial charge in [0.25, 0.3) is 0 Å². The van der Waals surface area contributed by atoms with E-state index in [-0.39, 0.29) is 5.82 Å². The van der Waals surface area contributed by atoms with Crippen molar-refractivity contribution in [2.75, 3.05) is 0 Å². The fourth-order valence-corrected chi connectivity index (χ4v) is 1.30. The van der Waals surface area contributed by atoms with E-state index in [0.29, 0.717) is 18.3 Å². The Labute approximate surface area is 82.7 Å². The molecule has 0 bridgehead atoms.